The summed E-state index contributed by atoms with van der Waals surface area (Å²) in [7, 11) is 0. The minimum Gasteiger partial charge on any atom is -0.352 e. The predicted octanol–water partition coefficient (Wildman–Crippen LogP) is 4.31. The molecule has 4 rings (SSSR count). The van der Waals surface area contributed by atoms with Crippen molar-refractivity contribution in [3.05, 3.63) is 33.6 Å². The van der Waals surface area contributed by atoms with E-state index in [9.17, 15) is 9.59 Å². The van der Waals surface area contributed by atoms with E-state index in [1.54, 1.807) is 18.2 Å². The summed E-state index contributed by atoms with van der Waals surface area (Å²) in [5.41, 5.74) is 0.567. The van der Waals surface area contributed by atoms with Crippen LogP contribution in [-0.4, -0.2) is 26.8 Å². The number of hydrogen-bond acceptors (Lipinski definition) is 4. The number of nitrogens with zero attached hydrogens (tertiary/aromatic N) is 2. The molecule has 0 saturated heterocycles. The topological polar surface area (TPSA) is 64.0 Å². The van der Waals surface area contributed by atoms with E-state index in [0.29, 0.717) is 27.1 Å². The van der Waals surface area contributed by atoms with Crippen molar-refractivity contribution in [2.24, 2.45) is 0 Å². The van der Waals surface area contributed by atoms with Gasteiger partial charge in [0.2, 0.25) is 5.91 Å². The van der Waals surface area contributed by atoms with Crippen molar-refractivity contribution >= 4 is 40.2 Å². The fourth-order valence-corrected chi connectivity index (χ4v) is 4.81. The zero-order chi connectivity index (χ0) is 19.0. The second kappa shape index (κ2) is 7.84. The summed E-state index contributed by atoms with van der Waals surface area (Å²) in [6.45, 7) is 1.88. The third-order valence-electron chi connectivity index (χ3n) is 5.35. The van der Waals surface area contributed by atoms with Gasteiger partial charge >= 0.3 is 0 Å². The predicted molar refractivity (Wildman–Crippen MR) is 110 cm³/mol. The molecule has 27 heavy (non-hydrogen) atoms. The van der Waals surface area contributed by atoms with Crippen molar-refractivity contribution in [1.82, 2.24) is 14.9 Å². The van der Waals surface area contributed by atoms with E-state index >= 15 is 0 Å². The number of fused-ring (bicyclic) bond motifs is 1. The molecular formula is C20H24ClN3O2S. The third-order valence-corrected chi connectivity index (χ3v) is 6.65. The molecule has 0 unspecified atom stereocenters. The minimum atomic E-state index is -0.302. The van der Waals surface area contributed by atoms with Crippen molar-refractivity contribution in [1.29, 1.82) is 0 Å². The number of carbonyl (C=O) groups excluding carboxylic acids is 1. The molecule has 2 fully saturated rings. The number of carbonyl (C=O) groups is 1. The van der Waals surface area contributed by atoms with Crippen LogP contribution in [0, 0.1) is 0 Å². The molecule has 144 valence electrons. The highest BCUT2D eigenvalue weighted by Gasteiger charge is 2.28. The summed E-state index contributed by atoms with van der Waals surface area (Å²) in [5.74, 6) is 0.0122. The molecule has 1 atom stereocenters. The lowest BCUT2D eigenvalue weighted by molar-refractivity contribution is -0.120. The Morgan fingerprint density at radius 2 is 2.00 bits per heavy atom. The molecule has 1 aromatic carbocycles. The van der Waals surface area contributed by atoms with E-state index < -0.39 is 0 Å². The summed E-state index contributed by atoms with van der Waals surface area (Å²) in [6, 6.07) is 5.69. The molecule has 5 nitrogen and oxygen atoms in total. The van der Waals surface area contributed by atoms with Crippen LogP contribution in [0.3, 0.4) is 0 Å². The third kappa shape index (κ3) is 4.16. The minimum absolute atomic E-state index is 0.0122. The molecular weight excluding hydrogens is 382 g/mol. The van der Waals surface area contributed by atoms with Gasteiger partial charge in [0.25, 0.3) is 5.56 Å². The second-order valence-electron chi connectivity index (χ2n) is 7.57. The molecule has 2 aliphatic carbocycles. The summed E-state index contributed by atoms with van der Waals surface area (Å²) in [5, 5.41) is 4.50. The average Bonchev–Trinajstić information content (AvgIpc) is 3.46. The van der Waals surface area contributed by atoms with Crippen LogP contribution in [0.25, 0.3) is 10.9 Å². The molecule has 1 N–H and O–H groups in total. The highest BCUT2D eigenvalue weighted by molar-refractivity contribution is 8.00. The Morgan fingerprint density at radius 3 is 2.70 bits per heavy atom. The smallest absolute Gasteiger partial charge is 0.262 e. The largest absolute Gasteiger partial charge is 0.352 e. The van der Waals surface area contributed by atoms with E-state index in [1.807, 2.05) is 11.5 Å². The molecule has 1 amide bonds. The molecule has 1 aromatic heterocycles. The van der Waals surface area contributed by atoms with Crippen LogP contribution in [0.4, 0.5) is 0 Å². The highest BCUT2D eigenvalue weighted by Crippen LogP contribution is 2.33. The van der Waals surface area contributed by atoms with Gasteiger partial charge in [0.1, 0.15) is 0 Å². The summed E-state index contributed by atoms with van der Waals surface area (Å²) >= 11 is 7.49. The van der Waals surface area contributed by atoms with Crippen LogP contribution >= 0.6 is 23.4 Å². The summed E-state index contributed by atoms with van der Waals surface area (Å²) in [6.07, 6.45) is 7.54. The highest BCUT2D eigenvalue weighted by atomic mass is 35.5. The van der Waals surface area contributed by atoms with Crippen LogP contribution in [0.5, 0.6) is 0 Å². The molecule has 2 aliphatic rings. The van der Waals surface area contributed by atoms with Gasteiger partial charge in [0, 0.05) is 17.1 Å². The van der Waals surface area contributed by atoms with Gasteiger partial charge in [-0.3, -0.25) is 14.2 Å². The van der Waals surface area contributed by atoms with Crippen molar-refractivity contribution < 1.29 is 4.79 Å². The normalized spacial score (nSPS) is 19.2. The van der Waals surface area contributed by atoms with Gasteiger partial charge in [-0.2, -0.15) is 0 Å². The number of halogens is 1. The van der Waals surface area contributed by atoms with E-state index in [-0.39, 0.29) is 22.8 Å². The van der Waals surface area contributed by atoms with Crippen LogP contribution in [0.15, 0.2) is 28.2 Å². The first-order valence-corrected chi connectivity index (χ1v) is 11.0. The Morgan fingerprint density at radius 1 is 1.26 bits per heavy atom. The van der Waals surface area contributed by atoms with E-state index in [1.165, 1.54) is 18.2 Å². The van der Waals surface area contributed by atoms with Gasteiger partial charge in [0.15, 0.2) is 5.16 Å². The number of rotatable bonds is 5. The lowest BCUT2D eigenvalue weighted by atomic mass is 9.95. The van der Waals surface area contributed by atoms with Crippen LogP contribution in [0.1, 0.15) is 57.9 Å². The van der Waals surface area contributed by atoms with Crippen molar-refractivity contribution in [2.75, 3.05) is 0 Å². The lowest BCUT2D eigenvalue weighted by Crippen LogP contribution is -2.34. The van der Waals surface area contributed by atoms with Crippen molar-refractivity contribution in [3.8, 4) is 0 Å². The van der Waals surface area contributed by atoms with Gasteiger partial charge in [-0.15, -0.1) is 0 Å². The van der Waals surface area contributed by atoms with E-state index in [2.05, 4.69) is 5.32 Å². The maximum absolute atomic E-state index is 13.3. The van der Waals surface area contributed by atoms with Crippen LogP contribution in [0.2, 0.25) is 5.02 Å². The average molecular weight is 406 g/mol. The summed E-state index contributed by atoms with van der Waals surface area (Å²) < 4.78 is 1.83. The van der Waals surface area contributed by atoms with E-state index in [4.69, 9.17) is 16.6 Å². The van der Waals surface area contributed by atoms with Crippen molar-refractivity contribution in [2.45, 2.75) is 74.4 Å². The van der Waals surface area contributed by atoms with Gasteiger partial charge in [0.05, 0.1) is 16.2 Å². The molecule has 0 spiro atoms. The Balaban J connectivity index is 1.73. The maximum atomic E-state index is 13.3. The zero-order valence-corrected chi connectivity index (χ0v) is 17.0. The van der Waals surface area contributed by atoms with Gasteiger partial charge < -0.3 is 5.32 Å². The summed E-state index contributed by atoms with van der Waals surface area (Å²) in [4.78, 5) is 30.4. The zero-order valence-electron chi connectivity index (χ0n) is 15.4. The first-order chi connectivity index (χ1) is 13.0. The van der Waals surface area contributed by atoms with Gasteiger partial charge in [-0.1, -0.05) is 42.6 Å². The molecule has 0 radical (unpaired) electrons. The number of benzene rings is 1. The fraction of sp³-hybridized carbons (Fsp3) is 0.550. The molecule has 2 aromatic rings. The maximum Gasteiger partial charge on any atom is 0.262 e. The first kappa shape index (κ1) is 18.8. The number of hydrogen-bond donors (Lipinski definition) is 1. The number of thioether (sulfide) groups is 1. The SMILES string of the molecule is C[C@@H](Sc1nc2cc(Cl)ccc2c(=O)n1C1CCCCC1)C(=O)NC1CC1. The number of aromatic nitrogens is 2. The van der Waals surface area contributed by atoms with Crippen LogP contribution < -0.4 is 10.9 Å². The first-order valence-electron chi connectivity index (χ1n) is 9.72. The molecule has 1 heterocycles. The van der Waals surface area contributed by atoms with Crippen LogP contribution in [-0.2, 0) is 4.79 Å². The molecule has 0 aliphatic heterocycles. The Labute approximate surface area is 167 Å². The number of amides is 1. The molecule has 0 bridgehead atoms. The fourth-order valence-electron chi connectivity index (χ4n) is 3.65. The van der Waals surface area contributed by atoms with Gasteiger partial charge in [-0.05, 0) is 50.8 Å². The Bertz CT molecular complexity index is 919. The van der Waals surface area contributed by atoms with E-state index in [0.717, 1.165) is 38.5 Å². The molecule has 2 saturated carbocycles. The Hall–Kier alpha value is -1.53. The van der Waals surface area contributed by atoms with Gasteiger partial charge in [-0.25, -0.2) is 4.98 Å². The Kier molecular flexibility index (Phi) is 5.46. The standard InChI is InChI=1S/C20H24ClN3O2S/c1-12(18(25)22-14-8-9-14)27-20-23-17-11-13(21)7-10-16(17)19(26)24(20)15-5-3-2-4-6-15/h7,10-12,14-15H,2-6,8-9H2,1H3,(H,22,25)/t12-/m1/s1. The molecule has 7 heteroatoms. The monoisotopic (exact) mass is 405 g/mol. The second-order valence-corrected chi connectivity index (χ2v) is 9.31. The van der Waals surface area contributed by atoms with Crippen molar-refractivity contribution in [3.63, 3.8) is 0 Å². The quantitative estimate of drug-likeness (QED) is 0.594. The number of nitrogens with one attached hydrogen (secondary N) is 1. The lowest BCUT2D eigenvalue weighted by Gasteiger charge is -2.26.